The summed E-state index contributed by atoms with van der Waals surface area (Å²) in [5, 5.41) is 1.36. The third kappa shape index (κ3) is 2.03. The van der Waals surface area contributed by atoms with E-state index in [1.807, 2.05) is 25.1 Å². The average molecular weight is 337 g/mol. The van der Waals surface area contributed by atoms with E-state index in [1.165, 1.54) is 0 Å². The van der Waals surface area contributed by atoms with Crippen LogP contribution in [0.2, 0.25) is 5.02 Å². The van der Waals surface area contributed by atoms with Crippen molar-refractivity contribution in [3.8, 4) is 0 Å². The van der Waals surface area contributed by atoms with Crippen LogP contribution in [0.1, 0.15) is 32.0 Å². The molecule has 4 nitrogen and oxygen atoms in total. The van der Waals surface area contributed by atoms with Gasteiger partial charge in [-0.05, 0) is 49.7 Å². The van der Waals surface area contributed by atoms with E-state index in [4.69, 9.17) is 11.6 Å². The molecular weight excluding hydrogens is 324 g/mol. The zero-order valence-corrected chi connectivity index (χ0v) is 13.9. The second-order valence-corrected chi connectivity index (χ2v) is 6.32. The molecule has 0 spiro atoms. The summed E-state index contributed by atoms with van der Waals surface area (Å²) in [4.78, 5) is 31.2. The number of aryl methyl sites for hydroxylation is 1. The first-order valence-electron chi connectivity index (χ1n) is 7.52. The minimum absolute atomic E-state index is 0.190. The summed E-state index contributed by atoms with van der Waals surface area (Å²) in [5.74, 6) is -0.779. The van der Waals surface area contributed by atoms with Gasteiger partial charge in [-0.3, -0.25) is 9.59 Å². The van der Waals surface area contributed by atoms with Crippen LogP contribution in [0.5, 0.6) is 0 Å². The van der Waals surface area contributed by atoms with Gasteiger partial charge in [0, 0.05) is 10.4 Å². The largest absolute Gasteiger partial charge is 0.284 e. The SMILES string of the molecule is Cc1ccc2nc3c(cc2c1)C(=O)N(c1cccc(Cl)c1C)C3=O. The van der Waals surface area contributed by atoms with Gasteiger partial charge in [-0.2, -0.15) is 0 Å². The summed E-state index contributed by atoms with van der Waals surface area (Å²) in [6.45, 7) is 3.76. The Morgan fingerprint density at radius 3 is 2.58 bits per heavy atom. The predicted octanol–water partition coefficient (Wildman–Crippen LogP) is 4.31. The Bertz CT molecular complexity index is 1040. The molecule has 2 aromatic carbocycles. The molecular formula is C19H13ClN2O2. The molecule has 0 saturated carbocycles. The molecule has 1 aliphatic rings. The number of pyridine rings is 1. The van der Waals surface area contributed by atoms with Crippen LogP contribution in [-0.4, -0.2) is 16.8 Å². The van der Waals surface area contributed by atoms with Gasteiger partial charge in [0.25, 0.3) is 11.8 Å². The van der Waals surface area contributed by atoms with Gasteiger partial charge in [-0.1, -0.05) is 29.3 Å². The van der Waals surface area contributed by atoms with Crippen molar-refractivity contribution in [3.05, 3.63) is 69.9 Å². The zero-order chi connectivity index (χ0) is 17.0. The van der Waals surface area contributed by atoms with Gasteiger partial charge in [-0.15, -0.1) is 0 Å². The minimum atomic E-state index is -0.414. The molecule has 0 aliphatic carbocycles. The van der Waals surface area contributed by atoms with Crippen molar-refractivity contribution in [3.63, 3.8) is 0 Å². The van der Waals surface area contributed by atoms with Crippen molar-refractivity contribution in [2.75, 3.05) is 4.90 Å². The van der Waals surface area contributed by atoms with Crippen molar-refractivity contribution < 1.29 is 9.59 Å². The Labute approximate surface area is 143 Å². The Morgan fingerprint density at radius 1 is 1.00 bits per heavy atom. The Morgan fingerprint density at radius 2 is 1.79 bits per heavy atom. The van der Waals surface area contributed by atoms with Crippen molar-refractivity contribution in [2.45, 2.75) is 13.8 Å². The van der Waals surface area contributed by atoms with Crippen LogP contribution in [0.15, 0.2) is 42.5 Å². The van der Waals surface area contributed by atoms with Crippen LogP contribution < -0.4 is 4.90 Å². The highest BCUT2D eigenvalue weighted by Gasteiger charge is 2.39. The second-order valence-electron chi connectivity index (χ2n) is 5.91. The van der Waals surface area contributed by atoms with Gasteiger partial charge in [0.1, 0.15) is 5.69 Å². The number of amides is 2. The maximum Gasteiger partial charge on any atom is 0.284 e. The van der Waals surface area contributed by atoms with E-state index in [0.717, 1.165) is 15.8 Å². The van der Waals surface area contributed by atoms with Crippen LogP contribution in [0, 0.1) is 13.8 Å². The van der Waals surface area contributed by atoms with E-state index >= 15 is 0 Å². The number of aromatic nitrogens is 1. The van der Waals surface area contributed by atoms with Crippen molar-refractivity contribution in [1.82, 2.24) is 4.98 Å². The van der Waals surface area contributed by atoms with Crippen LogP contribution >= 0.6 is 11.6 Å². The smallest absolute Gasteiger partial charge is 0.268 e. The number of anilines is 1. The van der Waals surface area contributed by atoms with E-state index in [0.29, 0.717) is 27.4 Å². The number of hydrogen-bond donors (Lipinski definition) is 0. The summed E-state index contributed by atoms with van der Waals surface area (Å²) in [6.07, 6.45) is 0. The number of hydrogen-bond acceptors (Lipinski definition) is 3. The lowest BCUT2D eigenvalue weighted by Crippen LogP contribution is -2.30. The molecule has 0 radical (unpaired) electrons. The lowest BCUT2D eigenvalue weighted by Gasteiger charge is -2.16. The monoisotopic (exact) mass is 336 g/mol. The second kappa shape index (κ2) is 5.14. The maximum absolute atomic E-state index is 12.8. The summed E-state index contributed by atoms with van der Waals surface area (Å²) < 4.78 is 0. The topological polar surface area (TPSA) is 50.3 Å². The van der Waals surface area contributed by atoms with E-state index in [1.54, 1.807) is 31.2 Å². The Kier molecular flexibility index (Phi) is 3.18. The molecule has 24 heavy (non-hydrogen) atoms. The summed E-state index contributed by atoms with van der Waals surface area (Å²) in [7, 11) is 0. The van der Waals surface area contributed by atoms with E-state index in [9.17, 15) is 9.59 Å². The third-order valence-electron chi connectivity index (χ3n) is 4.29. The number of imide groups is 1. The molecule has 0 N–H and O–H groups in total. The Balaban J connectivity index is 1.92. The van der Waals surface area contributed by atoms with Crippen LogP contribution in [0.3, 0.4) is 0 Å². The first-order valence-corrected chi connectivity index (χ1v) is 7.90. The number of rotatable bonds is 1. The van der Waals surface area contributed by atoms with Crippen molar-refractivity contribution >= 4 is 40.0 Å². The molecule has 5 heteroatoms. The molecule has 2 heterocycles. The molecule has 1 aliphatic heterocycles. The number of halogens is 1. The van der Waals surface area contributed by atoms with Crippen LogP contribution in [0.4, 0.5) is 5.69 Å². The fourth-order valence-electron chi connectivity index (χ4n) is 3.00. The third-order valence-corrected chi connectivity index (χ3v) is 4.70. The first-order chi connectivity index (χ1) is 11.5. The molecule has 118 valence electrons. The molecule has 0 saturated heterocycles. The molecule has 0 fully saturated rings. The first kappa shape index (κ1) is 14.8. The highest BCUT2D eigenvalue weighted by Crippen LogP contribution is 2.33. The minimum Gasteiger partial charge on any atom is -0.268 e. The van der Waals surface area contributed by atoms with Gasteiger partial charge in [0.2, 0.25) is 0 Å². The lowest BCUT2D eigenvalue weighted by molar-refractivity contribution is 0.0924. The lowest BCUT2D eigenvalue weighted by atomic mass is 10.1. The summed E-state index contributed by atoms with van der Waals surface area (Å²) in [5.41, 5.74) is 3.48. The number of carbonyl (C=O) groups excluding carboxylic acids is 2. The normalized spacial score (nSPS) is 13.7. The fraction of sp³-hybridized carbons (Fsp3) is 0.105. The van der Waals surface area contributed by atoms with Crippen LogP contribution in [-0.2, 0) is 0 Å². The average Bonchev–Trinajstić information content (AvgIpc) is 2.79. The fourth-order valence-corrected chi connectivity index (χ4v) is 3.17. The zero-order valence-electron chi connectivity index (χ0n) is 13.1. The number of carbonyl (C=O) groups is 2. The van der Waals surface area contributed by atoms with Gasteiger partial charge < -0.3 is 0 Å². The molecule has 0 bridgehead atoms. The predicted molar refractivity (Wildman–Crippen MR) is 93.8 cm³/mol. The van der Waals surface area contributed by atoms with E-state index in [-0.39, 0.29) is 11.6 Å². The van der Waals surface area contributed by atoms with E-state index < -0.39 is 5.91 Å². The molecule has 4 rings (SSSR count). The summed E-state index contributed by atoms with van der Waals surface area (Å²) >= 11 is 6.14. The highest BCUT2D eigenvalue weighted by molar-refractivity contribution is 6.36. The van der Waals surface area contributed by atoms with Gasteiger partial charge in [-0.25, -0.2) is 9.88 Å². The molecule has 2 amide bonds. The molecule has 3 aromatic rings. The van der Waals surface area contributed by atoms with Gasteiger partial charge in [0.15, 0.2) is 0 Å². The van der Waals surface area contributed by atoms with Crippen LogP contribution in [0.25, 0.3) is 10.9 Å². The van der Waals surface area contributed by atoms with Crippen molar-refractivity contribution in [1.29, 1.82) is 0 Å². The summed E-state index contributed by atoms with van der Waals surface area (Å²) in [6, 6.07) is 12.7. The number of nitrogens with zero attached hydrogens (tertiary/aromatic N) is 2. The maximum atomic E-state index is 12.8. The molecule has 1 aromatic heterocycles. The standard InChI is InChI=1S/C19H13ClN2O2/c1-10-6-7-15-12(8-10)9-13-17(21-15)19(24)22(18(13)23)16-5-3-4-14(20)11(16)2/h3-9H,1-2H3. The van der Waals surface area contributed by atoms with Gasteiger partial charge >= 0.3 is 0 Å². The van der Waals surface area contributed by atoms with Crippen molar-refractivity contribution in [2.24, 2.45) is 0 Å². The van der Waals surface area contributed by atoms with Gasteiger partial charge in [0.05, 0.1) is 16.8 Å². The quantitative estimate of drug-likeness (QED) is 0.622. The Hall–Kier alpha value is -2.72. The number of benzene rings is 2. The molecule has 0 unspecified atom stereocenters. The number of fused-ring (bicyclic) bond motifs is 2. The molecule has 0 atom stereocenters. The highest BCUT2D eigenvalue weighted by atomic mass is 35.5. The van der Waals surface area contributed by atoms with E-state index in [2.05, 4.69) is 4.98 Å².